The number of hydrogen-bond donors (Lipinski definition) is 0. The van der Waals surface area contributed by atoms with Gasteiger partial charge in [-0.05, 0) is 97.6 Å². The van der Waals surface area contributed by atoms with E-state index in [1.165, 1.54) is 82.8 Å². The normalized spacial score (nSPS) is 24.7. The molecule has 0 atom stereocenters. The first-order valence-corrected chi connectivity index (χ1v) is 13.9. The van der Waals surface area contributed by atoms with Crippen LogP contribution in [0.1, 0.15) is 95.1 Å². The van der Waals surface area contributed by atoms with E-state index in [1.807, 2.05) is 0 Å². The highest BCUT2D eigenvalue weighted by Gasteiger charge is 2.30. The molecule has 2 fully saturated rings. The van der Waals surface area contributed by atoms with Crippen molar-refractivity contribution >= 4 is 0 Å². The third kappa shape index (κ3) is 6.50. The molecule has 5 heteroatoms. The number of alkyl halides is 1. The van der Waals surface area contributed by atoms with E-state index in [2.05, 4.69) is 6.92 Å². The molecule has 198 valence electrons. The molecule has 0 N–H and O–H groups in total. The summed E-state index contributed by atoms with van der Waals surface area (Å²) in [7, 11) is 0. The molecule has 0 bridgehead atoms. The topological polar surface area (TPSA) is 0 Å². The second-order valence-electron chi connectivity index (χ2n) is 11.2. The second kappa shape index (κ2) is 12.6. The number of benzene rings is 2. The van der Waals surface area contributed by atoms with Crippen molar-refractivity contribution in [2.45, 2.75) is 97.1 Å². The molecular weight excluding hydrogens is 467 g/mol. The molecule has 0 nitrogen and oxygen atoms in total. The molecular formula is C31H39F5. The van der Waals surface area contributed by atoms with Gasteiger partial charge in [0.05, 0.1) is 11.1 Å². The van der Waals surface area contributed by atoms with Crippen LogP contribution in [-0.2, 0) is 13.1 Å². The smallest absolute Gasteiger partial charge is 0.134 e. The van der Waals surface area contributed by atoms with Gasteiger partial charge in [-0.2, -0.15) is 0 Å². The van der Waals surface area contributed by atoms with Crippen molar-refractivity contribution in [3.8, 4) is 11.1 Å². The van der Waals surface area contributed by atoms with Gasteiger partial charge in [-0.25, -0.2) is 22.0 Å². The minimum absolute atomic E-state index is 0.263. The molecule has 2 saturated carbocycles. The maximum Gasteiger partial charge on any atom is 0.134 e. The monoisotopic (exact) mass is 506 g/mol. The number of hydrogen-bond acceptors (Lipinski definition) is 0. The molecule has 4 rings (SSSR count). The number of aryl methyl sites for hydroxylation is 1. The van der Waals surface area contributed by atoms with E-state index in [9.17, 15) is 22.0 Å². The molecule has 0 unspecified atom stereocenters. The highest BCUT2D eigenvalue weighted by Crippen LogP contribution is 2.43. The fourth-order valence-corrected chi connectivity index (χ4v) is 6.68. The van der Waals surface area contributed by atoms with E-state index in [0.717, 1.165) is 36.3 Å². The van der Waals surface area contributed by atoms with Crippen molar-refractivity contribution < 1.29 is 22.0 Å². The fraction of sp³-hybridized carbons (Fsp3) is 0.613. The van der Waals surface area contributed by atoms with Crippen molar-refractivity contribution in [2.24, 2.45) is 23.7 Å². The lowest BCUT2D eigenvalue weighted by molar-refractivity contribution is 0.140. The quantitative estimate of drug-likeness (QED) is 0.297. The van der Waals surface area contributed by atoms with Crippen molar-refractivity contribution in [3.63, 3.8) is 0 Å². The van der Waals surface area contributed by atoms with Crippen LogP contribution in [0, 0.1) is 46.9 Å². The van der Waals surface area contributed by atoms with E-state index < -0.39 is 41.1 Å². The Balaban J connectivity index is 1.29. The largest absolute Gasteiger partial charge is 0.246 e. The molecule has 0 aliphatic heterocycles. The fourth-order valence-electron chi connectivity index (χ4n) is 6.68. The Kier molecular flexibility index (Phi) is 9.47. The van der Waals surface area contributed by atoms with Gasteiger partial charge in [0.15, 0.2) is 0 Å². The zero-order chi connectivity index (χ0) is 25.7. The maximum absolute atomic E-state index is 14.8. The van der Waals surface area contributed by atoms with Crippen LogP contribution in [-0.4, -0.2) is 0 Å². The van der Waals surface area contributed by atoms with Crippen LogP contribution in [0.3, 0.4) is 0 Å². The Bertz CT molecular complexity index is 954. The average molecular weight is 507 g/mol. The predicted octanol–water partition coefficient (Wildman–Crippen LogP) is 10.1. The van der Waals surface area contributed by atoms with E-state index in [0.29, 0.717) is 17.9 Å². The van der Waals surface area contributed by atoms with E-state index in [-0.39, 0.29) is 5.56 Å². The lowest BCUT2D eigenvalue weighted by atomic mass is 9.68. The van der Waals surface area contributed by atoms with Crippen LogP contribution in [0.5, 0.6) is 0 Å². The van der Waals surface area contributed by atoms with Crippen LogP contribution < -0.4 is 0 Å². The molecule has 2 aliphatic rings. The van der Waals surface area contributed by atoms with Gasteiger partial charge in [0, 0.05) is 0 Å². The van der Waals surface area contributed by atoms with E-state index in [4.69, 9.17) is 0 Å². The summed E-state index contributed by atoms with van der Waals surface area (Å²) in [5.41, 5.74) is -0.915. The zero-order valence-electron chi connectivity index (χ0n) is 21.4. The van der Waals surface area contributed by atoms with Crippen molar-refractivity contribution in [1.82, 2.24) is 0 Å². The van der Waals surface area contributed by atoms with Crippen LogP contribution in [0.4, 0.5) is 22.0 Å². The molecule has 2 aromatic rings. The first kappa shape index (κ1) is 27.1. The Morgan fingerprint density at radius 3 is 1.64 bits per heavy atom. The predicted molar refractivity (Wildman–Crippen MR) is 135 cm³/mol. The average Bonchev–Trinajstić information content (AvgIpc) is 2.86. The molecule has 0 saturated heterocycles. The Labute approximate surface area is 212 Å². The Morgan fingerprint density at radius 1 is 0.667 bits per heavy atom. The lowest BCUT2D eigenvalue weighted by Gasteiger charge is -2.38. The van der Waals surface area contributed by atoms with Crippen molar-refractivity contribution in [1.29, 1.82) is 0 Å². The Morgan fingerprint density at radius 2 is 1.17 bits per heavy atom. The van der Waals surface area contributed by atoms with Gasteiger partial charge in [0.25, 0.3) is 0 Å². The Hall–Kier alpha value is -1.91. The van der Waals surface area contributed by atoms with Crippen LogP contribution in [0.2, 0.25) is 0 Å². The van der Waals surface area contributed by atoms with Crippen molar-refractivity contribution in [3.05, 3.63) is 58.7 Å². The molecule has 0 heterocycles. The second-order valence-corrected chi connectivity index (χ2v) is 11.2. The van der Waals surface area contributed by atoms with E-state index in [1.54, 1.807) is 0 Å². The summed E-state index contributed by atoms with van der Waals surface area (Å²) in [4.78, 5) is 0. The highest BCUT2D eigenvalue weighted by atomic mass is 19.2. The minimum atomic E-state index is -1.32. The van der Waals surface area contributed by atoms with Crippen LogP contribution in [0.25, 0.3) is 11.1 Å². The number of unbranched alkanes of at least 4 members (excludes halogenated alkanes) is 1. The molecule has 2 aliphatic carbocycles. The van der Waals surface area contributed by atoms with E-state index >= 15 is 0 Å². The molecule has 0 amide bonds. The van der Waals surface area contributed by atoms with Gasteiger partial charge in [0.2, 0.25) is 0 Å². The first-order chi connectivity index (χ1) is 17.4. The number of rotatable bonds is 9. The molecule has 0 spiro atoms. The van der Waals surface area contributed by atoms with Gasteiger partial charge in [-0.3, -0.25) is 0 Å². The summed E-state index contributed by atoms with van der Waals surface area (Å²) in [6.07, 6.45) is 16.0. The summed E-state index contributed by atoms with van der Waals surface area (Å²) in [6, 6.07) is 4.10. The standard InChI is InChI=1S/C31H39F5/c1-2-3-4-20-7-11-23(12-8-20)24-13-9-21(10-14-24)5-6-22-15-29(35)31(30(36)16-22)25-17-27(33)26(19-32)28(34)18-25/h15-18,20-21,23-24H,2-14,19H2,1H3. The molecule has 36 heavy (non-hydrogen) atoms. The summed E-state index contributed by atoms with van der Waals surface area (Å²) >= 11 is 0. The minimum Gasteiger partial charge on any atom is -0.246 e. The zero-order valence-corrected chi connectivity index (χ0v) is 21.4. The third-order valence-electron chi connectivity index (χ3n) is 8.92. The van der Waals surface area contributed by atoms with Gasteiger partial charge < -0.3 is 0 Å². The summed E-state index contributed by atoms with van der Waals surface area (Å²) in [6.45, 7) is 0.955. The summed E-state index contributed by atoms with van der Waals surface area (Å²) in [5.74, 6) is -0.752. The third-order valence-corrected chi connectivity index (χ3v) is 8.92. The molecule has 2 aromatic carbocycles. The van der Waals surface area contributed by atoms with Gasteiger partial charge in [-0.15, -0.1) is 0 Å². The summed E-state index contributed by atoms with van der Waals surface area (Å²) in [5, 5.41) is 0. The van der Waals surface area contributed by atoms with Crippen LogP contribution in [0.15, 0.2) is 24.3 Å². The van der Waals surface area contributed by atoms with Gasteiger partial charge >= 0.3 is 0 Å². The SMILES string of the molecule is CCCCC1CCC(C2CCC(CCc3cc(F)c(-c4cc(F)c(CF)c(F)c4)c(F)c3)CC2)CC1. The van der Waals surface area contributed by atoms with Crippen LogP contribution >= 0.6 is 0 Å². The van der Waals surface area contributed by atoms with Gasteiger partial charge in [0.1, 0.15) is 29.9 Å². The molecule has 0 radical (unpaired) electrons. The number of halogens is 5. The molecule has 0 aromatic heterocycles. The summed E-state index contributed by atoms with van der Waals surface area (Å²) < 4.78 is 70.3. The lowest BCUT2D eigenvalue weighted by Crippen LogP contribution is -2.26. The highest BCUT2D eigenvalue weighted by molar-refractivity contribution is 5.66. The van der Waals surface area contributed by atoms with Gasteiger partial charge in [-0.1, -0.05) is 51.9 Å². The maximum atomic E-state index is 14.8. The first-order valence-electron chi connectivity index (χ1n) is 13.9. The van der Waals surface area contributed by atoms with Crippen molar-refractivity contribution in [2.75, 3.05) is 0 Å².